The van der Waals surface area contributed by atoms with Gasteiger partial charge in [0.2, 0.25) is 0 Å². The van der Waals surface area contributed by atoms with Crippen molar-refractivity contribution < 1.29 is 4.74 Å². The summed E-state index contributed by atoms with van der Waals surface area (Å²) in [6.45, 7) is 0. The molecule has 0 aliphatic carbocycles. The van der Waals surface area contributed by atoms with Gasteiger partial charge in [-0.1, -0.05) is 36.0 Å². The van der Waals surface area contributed by atoms with Crippen molar-refractivity contribution in [3.8, 4) is 5.75 Å². The van der Waals surface area contributed by atoms with Gasteiger partial charge in [0.1, 0.15) is 5.75 Å². The van der Waals surface area contributed by atoms with E-state index in [1.165, 1.54) is 15.8 Å². The summed E-state index contributed by atoms with van der Waals surface area (Å²) in [5.41, 5.74) is 1.17. The third-order valence-corrected chi connectivity index (χ3v) is 3.70. The summed E-state index contributed by atoms with van der Waals surface area (Å²) in [5, 5.41) is 2.38. The second kappa shape index (κ2) is 4.78. The molecule has 0 spiro atoms. The monoisotopic (exact) mass is 255 g/mol. The second-order valence-corrected chi connectivity index (χ2v) is 5.12. The Morgan fingerprint density at radius 3 is 2.72 bits per heavy atom. The van der Waals surface area contributed by atoms with Crippen LogP contribution in [0.15, 0.2) is 64.5 Å². The summed E-state index contributed by atoms with van der Waals surface area (Å²) in [6.07, 6.45) is 0. The molecule has 90 valence electrons. The normalized spacial score (nSPS) is 10.7. The molecule has 3 rings (SSSR count). The van der Waals surface area contributed by atoms with Gasteiger partial charge in [-0.3, -0.25) is 0 Å². The Morgan fingerprint density at radius 1 is 1.00 bits per heavy atom. The molecule has 3 heteroatoms. The number of ether oxygens (including phenoxy) is 1. The van der Waals surface area contributed by atoms with Gasteiger partial charge >= 0.3 is 0 Å². The van der Waals surface area contributed by atoms with Crippen LogP contribution >= 0.6 is 11.8 Å². The van der Waals surface area contributed by atoms with Crippen molar-refractivity contribution in [1.82, 2.24) is 4.98 Å². The van der Waals surface area contributed by atoms with Crippen LogP contribution in [0.2, 0.25) is 0 Å². The molecule has 2 aromatic carbocycles. The van der Waals surface area contributed by atoms with Crippen LogP contribution in [-0.2, 0) is 0 Å². The van der Waals surface area contributed by atoms with E-state index in [2.05, 4.69) is 35.3 Å². The van der Waals surface area contributed by atoms with E-state index in [0.29, 0.717) is 0 Å². The number of methoxy groups -OCH3 is 1. The Morgan fingerprint density at radius 2 is 1.89 bits per heavy atom. The van der Waals surface area contributed by atoms with E-state index < -0.39 is 0 Å². The summed E-state index contributed by atoms with van der Waals surface area (Å²) in [6, 6.07) is 18.5. The van der Waals surface area contributed by atoms with Gasteiger partial charge in [0.05, 0.1) is 12.1 Å². The molecular formula is C15H13NOS. The lowest BCUT2D eigenvalue weighted by molar-refractivity contribution is 0.413. The molecule has 0 saturated carbocycles. The summed E-state index contributed by atoms with van der Waals surface area (Å²) in [5.74, 6) is 0.885. The number of benzene rings is 2. The lowest BCUT2D eigenvalue weighted by Crippen LogP contribution is -1.82. The number of H-pyrrole nitrogens is 1. The predicted octanol–water partition coefficient (Wildman–Crippen LogP) is 4.33. The summed E-state index contributed by atoms with van der Waals surface area (Å²) < 4.78 is 5.23. The first-order valence-corrected chi connectivity index (χ1v) is 6.56. The second-order valence-electron chi connectivity index (χ2n) is 4.00. The van der Waals surface area contributed by atoms with E-state index in [1.54, 1.807) is 18.9 Å². The maximum absolute atomic E-state index is 5.23. The van der Waals surface area contributed by atoms with Crippen LogP contribution in [0.3, 0.4) is 0 Å². The Labute approximate surface area is 110 Å². The molecule has 0 bridgehead atoms. The SMILES string of the molecule is COc1cccc(Sc2cc3ccccc3[nH]2)c1. The first kappa shape index (κ1) is 11.2. The molecule has 3 aromatic rings. The number of rotatable bonds is 3. The van der Waals surface area contributed by atoms with Crippen LogP contribution in [-0.4, -0.2) is 12.1 Å². The third-order valence-electron chi connectivity index (χ3n) is 2.77. The highest BCUT2D eigenvalue weighted by Gasteiger charge is 2.03. The highest BCUT2D eigenvalue weighted by atomic mass is 32.2. The highest BCUT2D eigenvalue weighted by Crippen LogP contribution is 2.31. The Hall–Kier alpha value is -1.87. The van der Waals surface area contributed by atoms with Crippen LogP contribution in [0, 0.1) is 0 Å². The zero-order chi connectivity index (χ0) is 12.4. The minimum atomic E-state index is 0.885. The molecule has 0 saturated heterocycles. The average Bonchev–Trinajstić information content (AvgIpc) is 2.81. The van der Waals surface area contributed by atoms with Gasteiger partial charge in [-0.15, -0.1) is 0 Å². The van der Waals surface area contributed by atoms with Crippen molar-refractivity contribution in [2.24, 2.45) is 0 Å². The first-order valence-electron chi connectivity index (χ1n) is 5.75. The summed E-state index contributed by atoms with van der Waals surface area (Å²) in [4.78, 5) is 4.57. The number of aromatic nitrogens is 1. The lowest BCUT2D eigenvalue weighted by atomic mass is 10.3. The molecule has 1 N–H and O–H groups in total. The van der Waals surface area contributed by atoms with Crippen LogP contribution in [0.4, 0.5) is 0 Å². The number of para-hydroxylation sites is 1. The van der Waals surface area contributed by atoms with E-state index >= 15 is 0 Å². The van der Waals surface area contributed by atoms with Crippen molar-refractivity contribution in [3.63, 3.8) is 0 Å². The summed E-state index contributed by atoms with van der Waals surface area (Å²) in [7, 11) is 1.69. The fraction of sp³-hybridized carbons (Fsp3) is 0.0667. The van der Waals surface area contributed by atoms with E-state index in [-0.39, 0.29) is 0 Å². The summed E-state index contributed by atoms with van der Waals surface area (Å²) >= 11 is 1.71. The van der Waals surface area contributed by atoms with Crippen molar-refractivity contribution in [2.75, 3.05) is 7.11 Å². The number of hydrogen-bond acceptors (Lipinski definition) is 2. The minimum Gasteiger partial charge on any atom is -0.497 e. The van der Waals surface area contributed by atoms with Gasteiger partial charge in [0.15, 0.2) is 0 Å². The number of hydrogen-bond donors (Lipinski definition) is 1. The van der Waals surface area contributed by atoms with Gasteiger partial charge < -0.3 is 9.72 Å². The molecule has 1 aromatic heterocycles. The van der Waals surface area contributed by atoms with Crippen molar-refractivity contribution in [3.05, 3.63) is 54.6 Å². The number of nitrogens with one attached hydrogen (secondary N) is 1. The minimum absolute atomic E-state index is 0.885. The number of aromatic amines is 1. The van der Waals surface area contributed by atoms with Gasteiger partial charge in [-0.2, -0.15) is 0 Å². The molecule has 2 nitrogen and oxygen atoms in total. The first-order chi connectivity index (χ1) is 8.85. The molecule has 0 amide bonds. The smallest absolute Gasteiger partial charge is 0.119 e. The molecule has 0 aliphatic rings. The molecule has 18 heavy (non-hydrogen) atoms. The topological polar surface area (TPSA) is 25.0 Å². The van der Waals surface area contributed by atoms with Gasteiger partial charge in [0, 0.05) is 15.8 Å². The van der Waals surface area contributed by atoms with Crippen LogP contribution in [0.25, 0.3) is 10.9 Å². The zero-order valence-corrected chi connectivity index (χ0v) is 10.8. The van der Waals surface area contributed by atoms with E-state index in [9.17, 15) is 0 Å². The van der Waals surface area contributed by atoms with E-state index in [4.69, 9.17) is 4.74 Å². The van der Waals surface area contributed by atoms with Gasteiger partial charge in [-0.05, 0) is 30.3 Å². The van der Waals surface area contributed by atoms with Gasteiger partial charge in [0.25, 0.3) is 0 Å². The fourth-order valence-corrected chi connectivity index (χ4v) is 2.82. The van der Waals surface area contributed by atoms with E-state index in [1.807, 2.05) is 24.3 Å². The molecule has 1 heterocycles. The molecular weight excluding hydrogens is 242 g/mol. The Balaban J connectivity index is 1.91. The highest BCUT2D eigenvalue weighted by molar-refractivity contribution is 7.99. The van der Waals surface area contributed by atoms with Crippen LogP contribution in [0.1, 0.15) is 0 Å². The van der Waals surface area contributed by atoms with Crippen LogP contribution in [0.5, 0.6) is 5.75 Å². The molecule has 0 unspecified atom stereocenters. The zero-order valence-electron chi connectivity index (χ0n) is 10.0. The molecule has 0 radical (unpaired) electrons. The average molecular weight is 255 g/mol. The molecule has 0 fully saturated rings. The van der Waals surface area contributed by atoms with Crippen molar-refractivity contribution >= 4 is 22.7 Å². The quantitative estimate of drug-likeness (QED) is 0.753. The molecule has 0 aliphatic heterocycles. The largest absolute Gasteiger partial charge is 0.497 e. The Bertz CT molecular complexity index is 642. The van der Waals surface area contributed by atoms with E-state index in [0.717, 1.165) is 10.8 Å². The van der Waals surface area contributed by atoms with Gasteiger partial charge in [-0.25, -0.2) is 0 Å². The third kappa shape index (κ3) is 2.22. The maximum atomic E-state index is 5.23. The van der Waals surface area contributed by atoms with Crippen molar-refractivity contribution in [1.29, 1.82) is 0 Å². The van der Waals surface area contributed by atoms with Crippen molar-refractivity contribution in [2.45, 2.75) is 9.92 Å². The standard InChI is InChI=1S/C15H13NOS/c1-17-12-6-4-7-13(10-12)18-15-9-11-5-2-3-8-14(11)16-15/h2-10,16H,1H3. The molecule has 0 atom stereocenters. The van der Waals surface area contributed by atoms with Crippen LogP contribution < -0.4 is 4.74 Å². The number of fused-ring (bicyclic) bond motifs is 1. The maximum Gasteiger partial charge on any atom is 0.119 e. The lowest BCUT2D eigenvalue weighted by Gasteiger charge is -2.02. The fourth-order valence-electron chi connectivity index (χ4n) is 1.89. The Kier molecular flexibility index (Phi) is 2.99. The predicted molar refractivity (Wildman–Crippen MR) is 75.4 cm³/mol.